The van der Waals surface area contributed by atoms with Gasteiger partial charge < -0.3 is 4.90 Å². The molecule has 1 aliphatic rings. The molecule has 0 aromatic heterocycles. The van der Waals surface area contributed by atoms with E-state index in [1.807, 2.05) is 14.1 Å². The van der Waals surface area contributed by atoms with Gasteiger partial charge in [0.05, 0.1) is 5.92 Å². The molecule has 1 rings (SSSR count). The molecular formula is C10H17NO. The molecule has 0 radical (unpaired) electrons. The van der Waals surface area contributed by atoms with E-state index in [-0.39, 0.29) is 11.8 Å². The average Bonchev–Trinajstić information content (AvgIpc) is 2.78. The highest BCUT2D eigenvalue weighted by Crippen LogP contribution is 2.34. The van der Waals surface area contributed by atoms with E-state index in [4.69, 9.17) is 0 Å². The van der Waals surface area contributed by atoms with E-state index in [1.165, 1.54) is 18.4 Å². The first-order chi connectivity index (χ1) is 5.66. The zero-order chi connectivity index (χ0) is 9.14. The van der Waals surface area contributed by atoms with Crippen molar-refractivity contribution in [3.8, 4) is 0 Å². The van der Waals surface area contributed by atoms with E-state index in [1.54, 1.807) is 4.90 Å². The Morgan fingerprint density at radius 2 is 2.25 bits per heavy atom. The van der Waals surface area contributed by atoms with Crippen molar-refractivity contribution in [2.45, 2.75) is 26.2 Å². The predicted octanol–water partition coefficient (Wildman–Crippen LogP) is 1.82. The highest BCUT2D eigenvalue weighted by Gasteiger charge is 2.31. The van der Waals surface area contributed by atoms with Gasteiger partial charge in [-0.25, -0.2) is 0 Å². The molecule has 0 aliphatic heterocycles. The van der Waals surface area contributed by atoms with Crippen LogP contribution in [0.1, 0.15) is 26.2 Å². The van der Waals surface area contributed by atoms with Crippen molar-refractivity contribution in [2.24, 2.45) is 5.92 Å². The van der Waals surface area contributed by atoms with E-state index in [0.29, 0.717) is 0 Å². The van der Waals surface area contributed by atoms with Gasteiger partial charge in [-0.2, -0.15) is 0 Å². The third-order valence-electron chi connectivity index (χ3n) is 2.20. The molecule has 0 aromatic carbocycles. The summed E-state index contributed by atoms with van der Waals surface area (Å²) < 4.78 is 0. The monoisotopic (exact) mass is 167 g/mol. The smallest absolute Gasteiger partial charge is 0.233 e. The number of amides is 1. The summed E-state index contributed by atoms with van der Waals surface area (Å²) in [5.41, 5.74) is 1.34. The third kappa shape index (κ3) is 2.10. The second-order valence-corrected chi connectivity index (χ2v) is 3.56. The van der Waals surface area contributed by atoms with Crippen LogP contribution in [0.4, 0.5) is 0 Å². The predicted molar refractivity (Wildman–Crippen MR) is 49.8 cm³/mol. The number of hydrogen-bond donors (Lipinski definition) is 0. The lowest BCUT2D eigenvalue weighted by Gasteiger charge is -2.09. The lowest BCUT2D eigenvalue weighted by atomic mass is 10.1. The average molecular weight is 167 g/mol. The van der Waals surface area contributed by atoms with Gasteiger partial charge in [0.15, 0.2) is 0 Å². The Bertz CT molecular complexity index is 206. The molecule has 1 amide bonds. The molecule has 12 heavy (non-hydrogen) atoms. The quantitative estimate of drug-likeness (QED) is 0.585. The highest BCUT2D eigenvalue weighted by molar-refractivity contribution is 5.87. The lowest BCUT2D eigenvalue weighted by Crippen LogP contribution is -2.24. The minimum Gasteiger partial charge on any atom is -0.348 e. The minimum atomic E-state index is 0.159. The van der Waals surface area contributed by atoms with Crippen LogP contribution in [0.5, 0.6) is 0 Å². The van der Waals surface area contributed by atoms with Gasteiger partial charge in [0.2, 0.25) is 5.91 Å². The van der Waals surface area contributed by atoms with Crippen LogP contribution in [-0.4, -0.2) is 24.9 Å². The molecule has 0 saturated carbocycles. The van der Waals surface area contributed by atoms with Crippen LogP contribution in [0.25, 0.3) is 0 Å². The maximum Gasteiger partial charge on any atom is 0.233 e. The van der Waals surface area contributed by atoms with Gasteiger partial charge in [0.1, 0.15) is 0 Å². The number of rotatable bonds is 4. The Hall–Kier alpha value is -0.790. The van der Waals surface area contributed by atoms with Crippen LogP contribution in [0.15, 0.2) is 11.6 Å². The van der Waals surface area contributed by atoms with Crippen molar-refractivity contribution in [3.05, 3.63) is 11.6 Å². The van der Waals surface area contributed by atoms with Gasteiger partial charge >= 0.3 is 0 Å². The normalized spacial score (nSPS) is 20.2. The number of carbonyl (C=O) groups excluding carboxylic acids is 1. The highest BCUT2D eigenvalue weighted by atomic mass is 16.2. The molecule has 0 aromatic rings. The van der Waals surface area contributed by atoms with E-state index >= 15 is 0 Å². The van der Waals surface area contributed by atoms with Crippen LogP contribution in [-0.2, 0) is 4.79 Å². The SMILES string of the molecule is CCCCC1=C[C@@H]1C(=O)N(C)C. The van der Waals surface area contributed by atoms with E-state index in [0.717, 1.165) is 6.42 Å². The van der Waals surface area contributed by atoms with Crippen LogP contribution < -0.4 is 0 Å². The fourth-order valence-electron chi connectivity index (χ4n) is 1.29. The fraction of sp³-hybridized carbons (Fsp3) is 0.700. The molecule has 0 bridgehead atoms. The topological polar surface area (TPSA) is 20.3 Å². The molecule has 2 heteroatoms. The first kappa shape index (κ1) is 9.30. The van der Waals surface area contributed by atoms with Gasteiger partial charge in [-0.1, -0.05) is 25.0 Å². The molecule has 0 unspecified atom stereocenters. The summed E-state index contributed by atoms with van der Waals surface area (Å²) in [5.74, 6) is 0.396. The van der Waals surface area contributed by atoms with Crippen molar-refractivity contribution in [3.63, 3.8) is 0 Å². The van der Waals surface area contributed by atoms with E-state index in [9.17, 15) is 4.79 Å². The molecule has 1 aliphatic carbocycles. The summed E-state index contributed by atoms with van der Waals surface area (Å²) >= 11 is 0. The first-order valence-corrected chi connectivity index (χ1v) is 4.58. The molecule has 0 N–H and O–H groups in total. The Balaban J connectivity index is 2.22. The Kier molecular flexibility index (Phi) is 2.90. The van der Waals surface area contributed by atoms with Crippen LogP contribution in [0, 0.1) is 5.92 Å². The number of hydrogen-bond acceptors (Lipinski definition) is 1. The zero-order valence-electron chi connectivity index (χ0n) is 8.13. The molecule has 0 saturated heterocycles. The molecule has 1 atom stereocenters. The Morgan fingerprint density at radius 1 is 1.58 bits per heavy atom. The van der Waals surface area contributed by atoms with Crippen LogP contribution in [0.3, 0.4) is 0 Å². The molecule has 0 fully saturated rings. The van der Waals surface area contributed by atoms with Crippen molar-refractivity contribution < 1.29 is 4.79 Å². The summed E-state index contributed by atoms with van der Waals surface area (Å²) in [4.78, 5) is 13.0. The lowest BCUT2D eigenvalue weighted by molar-refractivity contribution is -0.129. The maximum absolute atomic E-state index is 11.4. The fourth-order valence-corrected chi connectivity index (χ4v) is 1.29. The second kappa shape index (κ2) is 3.74. The Labute approximate surface area is 74.2 Å². The summed E-state index contributed by atoms with van der Waals surface area (Å²) in [6, 6.07) is 0. The summed E-state index contributed by atoms with van der Waals surface area (Å²) in [6.45, 7) is 2.17. The van der Waals surface area contributed by atoms with Gasteiger partial charge in [-0.05, 0) is 12.8 Å². The first-order valence-electron chi connectivity index (χ1n) is 4.58. The van der Waals surface area contributed by atoms with Gasteiger partial charge in [0, 0.05) is 14.1 Å². The maximum atomic E-state index is 11.4. The van der Waals surface area contributed by atoms with Crippen molar-refractivity contribution in [1.29, 1.82) is 0 Å². The second-order valence-electron chi connectivity index (χ2n) is 3.56. The van der Waals surface area contributed by atoms with Crippen LogP contribution in [0.2, 0.25) is 0 Å². The third-order valence-corrected chi connectivity index (χ3v) is 2.20. The Morgan fingerprint density at radius 3 is 2.75 bits per heavy atom. The van der Waals surface area contributed by atoms with Crippen LogP contribution >= 0.6 is 0 Å². The number of unbranched alkanes of at least 4 members (excludes halogenated alkanes) is 1. The molecule has 68 valence electrons. The van der Waals surface area contributed by atoms with Crippen molar-refractivity contribution in [1.82, 2.24) is 4.90 Å². The zero-order valence-corrected chi connectivity index (χ0v) is 8.13. The van der Waals surface area contributed by atoms with Crippen molar-refractivity contribution in [2.75, 3.05) is 14.1 Å². The largest absolute Gasteiger partial charge is 0.348 e. The standard InChI is InChI=1S/C10H17NO/c1-4-5-6-8-7-9(8)10(12)11(2)3/h7,9H,4-6H2,1-3H3/t9-/m0/s1. The molecule has 2 nitrogen and oxygen atoms in total. The molecular weight excluding hydrogens is 150 g/mol. The van der Waals surface area contributed by atoms with E-state index < -0.39 is 0 Å². The number of nitrogens with zero attached hydrogens (tertiary/aromatic N) is 1. The summed E-state index contributed by atoms with van der Waals surface area (Å²) in [5, 5.41) is 0. The number of carbonyl (C=O) groups is 1. The van der Waals surface area contributed by atoms with Gasteiger partial charge in [0.25, 0.3) is 0 Å². The van der Waals surface area contributed by atoms with Gasteiger partial charge in [-0.15, -0.1) is 0 Å². The summed E-state index contributed by atoms with van der Waals surface area (Å²) in [6.07, 6.45) is 5.61. The molecule has 0 spiro atoms. The van der Waals surface area contributed by atoms with Gasteiger partial charge in [-0.3, -0.25) is 4.79 Å². The summed E-state index contributed by atoms with van der Waals surface area (Å²) in [7, 11) is 3.62. The molecule has 0 heterocycles. The van der Waals surface area contributed by atoms with E-state index in [2.05, 4.69) is 13.0 Å². The van der Waals surface area contributed by atoms with Crippen molar-refractivity contribution >= 4 is 5.91 Å². The minimum absolute atomic E-state index is 0.159.